The largest absolute Gasteiger partial charge is 0.348 e. The second-order valence-electron chi connectivity index (χ2n) is 8.26. The standard InChI is InChI=1S/C26H26FN3O2/c1-16-8-9-19(12-17(16)2)26(32)30-11-10-21-20(15-30)13-28-18(3)23(21)14-29-25(31)22-6-4-5-7-24(22)27/h4-9,12-13H,10-11,14-15H2,1-3H3,(H,29,31). The minimum atomic E-state index is -0.546. The smallest absolute Gasteiger partial charge is 0.254 e. The molecule has 1 aliphatic rings. The summed E-state index contributed by atoms with van der Waals surface area (Å²) >= 11 is 0. The molecule has 6 heteroatoms. The average Bonchev–Trinajstić information content (AvgIpc) is 2.79. The molecule has 2 aromatic carbocycles. The number of nitrogens with zero attached hydrogens (tertiary/aromatic N) is 2. The van der Waals surface area contributed by atoms with Crippen LogP contribution in [0, 0.1) is 26.6 Å². The number of pyridine rings is 1. The second kappa shape index (κ2) is 8.91. The Hall–Kier alpha value is -3.54. The molecule has 1 aromatic heterocycles. The van der Waals surface area contributed by atoms with Crippen LogP contribution in [-0.4, -0.2) is 28.2 Å². The van der Waals surface area contributed by atoms with Crippen LogP contribution in [0.1, 0.15) is 54.2 Å². The highest BCUT2D eigenvalue weighted by Crippen LogP contribution is 2.25. The average molecular weight is 432 g/mol. The van der Waals surface area contributed by atoms with E-state index in [4.69, 9.17) is 0 Å². The number of nitrogens with one attached hydrogen (secondary N) is 1. The lowest BCUT2D eigenvalue weighted by Gasteiger charge is -2.30. The highest BCUT2D eigenvalue weighted by Gasteiger charge is 2.25. The molecule has 4 rings (SSSR count). The second-order valence-corrected chi connectivity index (χ2v) is 8.26. The normalized spacial score (nSPS) is 12.9. The highest BCUT2D eigenvalue weighted by molar-refractivity contribution is 5.95. The molecule has 0 aliphatic carbocycles. The van der Waals surface area contributed by atoms with Gasteiger partial charge in [-0.15, -0.1) is 0 Å². The SMILES string of the molecule is Cc1ccc(C(=O)N2CCc3c(cnc(C)c3CNC(=O)c3ccccc3F)C2)cc1C. The maximum absolute atomic E-state index is 13.9. The first-order valence-corrected chi connectivity index (χ1v) is 10.7. The fourth-order valence-corrected chi connectivity index (χ4v) is 4.10. The zero-order valence-corrected chi connectivity index (χ0v) is 18.5. The van der Waals surface area contributed by atoms with Crippen molar-refractivity contribution in [1.29, 1.82) is 0 Å². The molecule has 164 valence electrons. The lowest BCUT2D eigenvalue weighted by molar-refractivity contribution is 0.0734. The number of halogens is 1. The predicted molar refractivity (Wildman–Crippen MR) is 121 cm³/mol. The number of hydrogen-bond acceptors (Lipinski definition) is 3. The van der Waals surface area contributed by atoms with Gasteiger partial charge in [0.15, 0.2) is 0 Å². The van der Waals surface area contributed by atoms with Crippen molar-refractivity contribution in [3.8, 4) is 0 Å². The molecule has 5 nitrogen and oxygen atoms in total. The summed E-state index contributed by atoms with van der Waals surface area (Å²) < 4.78 is 13.9. The molecule has 1 aliphatic heterocycles. The first-order chi connectivity index (χ1) is 15.3. The molecule has 32 heavy (non-hydrogen) atoms. The third-order valence-corrected chi connectivity index (χ3v) is 6.18. The molecule has 0 unspecified atom stereocenters. The number of amides is 2. The summed E-state index contributed by atoms with van der Waals surface area (Å²) in [6, 6.07) is 11.7. The van der Waals surface area contributed by atoms with Gasteiger partial charge in [0.25, 0.3) is 11.8 Å². The molecule has 2 heterocycles. The first-order valence-electron chi connectivity index (χ1n) is 10.7. The van der Waals surface area contributed by atoms with Gasteiger partial charge in [0.05, 0.1) is 5.56 Å². The molecule has 0 atom stereocenters. The zero-order chi connectivity index (χ0) is 22.8. The van der Waals surface area contributed by atoms with Gasteiger partial charge >= 0.3 is 0 Å². The molecule has 0 bridgehead atoms. The van der Waals surface area contributed by atoms with Crippen molar-refractivity contribution in [3.05, 3.63) is 99.1 Å². The van der Waals surface area contributed by atoms with E-state index >= 15 is 0 Å². The molecular formula is C26H26FN3O2. The summed E-state index contributed by atoms with van der Waals surface area (Å²) in [7, 11) is 0. The van der Waals surface area contributed by atoms with Gasteiger partial charge in [-0.25, -0.2) is 4.39 Å². The van der Waals surface area contributed by atoms with Crippen LogP contribution in [0.5, 0.6) is 0 Å². The maximum Gasteiger partial charge on any atom is 0.254 e. The lowest BCUT2D eigenvalue weighted by Crippen LogP contribution is -2.37. The van der Waals surface area contributed by atoms with Gasteiger partial charge in [-0.05, 0) is 79.3 Å². The van der Waals surface area contributed by atoms with Gasteiger partial charge in [0.1, 0.15) is 5.82 Å². The van der Waals surface area contributed by atoms with Crippen LogP contribution in [0.4, 0.5) is 4.39 Å². The Bertz CT molecular complexity index is 1210. The lowest BCUT2D eigenvalue weighted by atomic mass is 9.94. The number of carbonyl (C=O) groups is 2. The van der Waals surface area contributed by atoms with E-state index in [1.165, 1.54) is 12.1 Å². The maximum atomic E-state index is 13.9. The van der Waals surface area contributed by atoms with Crippen molar-refractivity contribution in [1.82, 2.24) is 15.2 Å². The van der Waals surface area contributed by atoms with E-state index in [0.29, 0.717) is 25.1 Å². The van der Waals surface area contributed by atoms with Crippen LogP contribution in [0.2, 0.25) is 0 Å². The van der Waals surface area contributed by atoms with Crippen molar-refractivity contribution in [2.75, 3.05) is 6.54 Å². The van der Waals surface area contributed by atoms with E-state index in [1.54, 1.807) is 12.1 Å². The Morgan fingerprint density at radius 1 is 1.09 bits per heavy atom. The monoisotopic (exact) mass is 431 g/mol. The van der Waals surface area contributed by atoms with Crippen LogP contribution in [-0.2, 0) is 19.5 Å². The Labute approximate surface area is 187 Å². The van der Waals surface area contributed by atoms with Gasteiger partial charge in [-0.1, -0.05) is 18.2 Å². The van der Waals surface area contributed by atoms with Gasteiger partial charge in [-0.3, -0.25) is 14.6 Å². The highest BCUT2D eigenvalue weighted by atomic mass is 19.1. The van der Waals surface area contributed by atoms with Crippen molar-refractivity contribution in [2.45, 2.75) is 40.3 Å². The summed E-state index contributed by atoms with van der Waals surface area (Å²) in [6.45, 7) is 7.27. The summed E-state index contributed by atoms with van der Waals surface area (Å²) in [6.07, 6.45) is 2.49. The van der Waals surface area contributed by atoms with E-state index in [0.717, 1.165) is 33.5 Å². The fourth-order valence-electron chi connectivity index (χ4n) is 4.10. The molecule has 0 fully saturated rings. The molecule has 0 saturated carbocycles. The summed E-state index contributed by atoms with van der Waals surface area (Å²) in [4.78, 5) is 31.8. The summed E-state index contributed by atoms with van der Waals surface area (Å²) in [5.74, 6) is -0.994. The number of fused-ring (bicyclic) bond motifs is 1. The van der Waals surface area contributed by atoms with Crippen LogP contribution in [0.3, 0.4) is 0 Å². The van der Waals surface area contributed by atoms with Crippen molar-refractivity contribution < 1.29 is 14.0 Å². The predicted octanol–water partition coefficient (Wildman–Crippen LogP) is 4.27. The van der Waals surface area contributed by atoms with Crippen LogP contribution < -0.4 is 5.32 Å². The quantitative estimate of drug-likeness (QED) is 0.671. The molecular weight excluding hydrogens is 405 g/mol. The number of carbonyl (C=O) groups excluding carboxylic acids is 2. The van der Waals surface area contributed by atoms with E-state index in [9.17, 15) is 14.0 Å². The molecule has 0 radical (unpaired) electrons. The summed E-state index contributed by atoms with van der Waals surface area (Å²) in [5.41, 5.74) is 6.81. The Kier molecular flexibility index (Phi) is 6.04. The van der Waals surface area contributed by atoms with E-state index in [2.05, 4.69) is 10.3 Å². The van der Waals surface area contributed by atoms with E-state index < -0.39 is 11.7 Å². The van der Waals surface area contributed by atoms with E-state index in [1.807, 2.05) is 50.1 Å². The third kappa shape index (κ3) is 4.26. The minimum Gasteiger partial charge on any atom is -0.348 e. The Balaban J connectivity index is 1.51. The fraction of sp³-hybridized carbons (Fsp3) is 0.269. The Morgan fingerprint density at radius 2 is 1.88 bits per heavy atom. The number of aromatic nitrogens is 1. The molecule has 3 aromatic rings. The third-order valence-electron chi connectivity index (χ3n) is 6.18. The first kappa shape index (κ1) is 21.7. The minimum absolute atomic E-state index is 0.00808. The van der Waals surface area contributed by atoms with Gasteiger partial charge < -0.3 is 10.2 Å². The van der Waals surface area contributed by atoms with Gasteiger partial charge in [-0.2, -0.15) is 0 Å². The molecule has 0 saturated heterocycles. The van der Waals surface area contributed by atoms with Crippen LogP contribution in [0.25, 0.3) is 0 Å². The molecule has 2 amide bonds. The van der Waals surface area contributed by atoms with Crippen molar-refractivity contribution in [2.24, 2.45) is 0 Å². The van der Waals surface area contributed by atoms with Crippen molar-refractivity contribution >= 4 is 11.8 Å². The van der Waals surface area contributed by atoms with Gasteiger partial charge in [0.2, 0.25) is 0 Å². The number of rotatable bonds is 4. The topological polar surface area (TPSA) is 62.3 Å². The number of aryl methyl sites for hydroxylation is 3. The Morgan fingerprint density at radius 3 is 2.62 bits per heavy atom. The zero-order valence-electron chi connectivity index (χ0n) is 18.5. The van der Waals surface area contributed by atoms with Crippen LogP contribution >= 0.6 is 0 Å². The van der Waals surface area contributed by atoms with Gasteiger partial charge in [0, 0.05) is 37.1 Å². The number of hydrogen-bond donors (Lipinski definition) is 1. The molecule has 0 spiro atoms. The van der Waals surface area contributed by atoms with E-state index in [-0.39, 0.29) is 18.0 Å². The molecule has 1 N–H and O–H groups in total. The van der Waals surface area contributed by atoms with Crippen LogP contribution in [0.15, 0.2) is 48.7 Å². The van der Waals surface area contributed by atoms with Crippen molar-refractivity contribution in [3.63, 3.8) is 0 Å². The summed E-state index contributed by atoms with van der Waals surface area (Å²) in [5, 5.41) is 2.82. The number of benzene rings is 2.